The van der Waals surface area contributed by atoms with Gasteiger partial charge in [0.05, 0.1) is 24.4 Å². The largest absolute Gasteiger partial charge is 0.494 e. The second-order valence-corrected chi connectivity index (χ2v) is 13.9. The van der Waals surface area contributed by atoms with Gasteiger partial charge in [0.2, 0.25) is 17.7 Å². The standard InChI is InChI=1S/C36H51N9O4/c1-8-43-16-18-44(19-17-43)25-13-11-24(12-14-25)40-32-26-20-28(30(49-7)21-27(26)38-22-39-32)41-34(47)29-10-9-15-45(29)35(48)31(36(3,4)5)42-33(46)23(2)37-6/h11-14,20-23,29,31,37H,8-10,15-19H2,1-7H3,(H,41,47)(H,42,46)(H,38,39,40)/t23-,29?,31+/m0/s1. The summed E-state index contributed by atoms with van der Waals surface area (Å²) >= 11 is 0. The zero-order valence-electron chi connectivity index (χ0n) is 29.8. The SMILES string of the molecule is CCN1CCN(c2ccc(Nc3ncnc4cc(OC)c(NC(=O)C5CCCN5C(=O)[C@@H](NC(=O)[C@H](C)NC)C(C)(C)C)cc34)cc2)CC1. The van der Waals surface area contributed by atoms with E-state index in [0.717, 1.165) is 38.4 Å². The van der Waals surface area contributed by atoms with E-state index in [9.17, 15) is 14.4 Å². The van der Waals surface area contributed by atoms with Crippen molar-refractivity contribution in [3.05, 3.63) is 42.7 Å². The molecule has 0 aliphatic carbocycles. The number of likely N-dealkylation sites (tertiary alicyclic amines) is 1. The van der Waals surface area contributed by atoms with Crippen LogP contribution in [0, 0.1) is 5.41 Å². The van der Waals surface area contributed by atoms with Gasteiger partial charge in [0.15, 0.2) is 0 Å². The lowest BCUT2D eigenvalue weighted by Gasteiger charge is -2.36. The van der Waals surface area contributed by atoms with E-state index < -0.39 is 23.5 Å². The predicted octanol–water partition coefficient (Wildman–Crippen LogP) is 3.59. The Balaban J connectivity index is 1.34. The Morgan fingerprint density at radius 2 is 1.73 bits per heavy atom. The third-order valence-electron chi connectivity index (χ3n) is 9.59. The Kier molecular flexibility index (Phi) is 11.2. The van der Waals surface area contributed by atoms with Crippen molar-refractivity contribution in [2.24, 2.45) is 5.41 Å². The van der Waals surface area contributed by atoms with Gasteiger partial charge in [-0.05, 0) is 69.1 Å². The van der Waals surface area contributed by atoms with Gasteiger partial charge in [-0.25, -0.2) is 9.97 Å². The fourth-order valence-corrected chi connectivity index (χ4v) is 6.40. The van der Waals surface area contributed by atoms with Crippen molar-refractivity contribution in [1.82, 2.24) is 30.4 Å². The molecule has 3 atom stereocenters. The second-order valence-electron chi connectivity index (χ2n) is 13.9. The molecule has 1 aromatic heterocycles. The molecule has 0 spiro atoms. The lowest BCUT2D eigenvalue weighted by atomic mass is 9.85. The van der Waals surface area contributed by atoms with Crippen LogP contribution in [0.5, 0.6) is 5.75 Å². The first-order valence-electron chi connectivity index (χ1n) is 17.2. The van der Waals surface area contributed by atoms with E-state index in [0.29, 0.717) is 47.5 Å². The minimum atomic E-state index is -0.800. The first-order chi connectivity index (χ1) is 23.4. The summed E-state index contributed by atoms with van der Waals surface area (Å²) in [7, 11) is 3.23. The van der Waals surface area contributed by atoms with Crippen LogP contribution >= 0.6 is 0 Å². The highest BCUT2D eigenvalue weighted by Gasteiger charge is 2.42. The van der Waals surface area contributed by atoms with E-state index in [1.165, 1.54) is 19.1 Å². The summed E-state index contributed by atoms with van der Waals surface area (Å²) in [6.07, 6.45) is 2.67. The molecular formula is C36H51N9O4. The molecule has 0 bridgehead atoms. The number of anilines is 4. The summed E-state index contributed by atoms with van der Waals surface area (Å²) in [4.78, 5) is 56.0. The van der Waals surface area contributed by atoms with E-state index in [1.54, 1.807) is 31.0 Å². The van der Waals surface area contributed by atoms with Crippen molar-refractivity contribution < 1.29 is 19.1 Å². The molecule has 3 amide bonds. The molecule has 1 unspecified atom stereocenters. The van der Waals surface area contributed by atoms with E-state index in [-0.39, 0.29) is 17.7 Å². The maximum Gasteiger partial charge on any atom is 0.247 e. The number of likely N-dealkylation sites (N-methyl/N-ethyl adjacent to an activating group) is 2. The number of hydrogen-bond acceptors (Lipinski definition) is 10. The van der Waals surface area contributed by atoms with Gasteiger partial charge in [-0.2, -0.15) is 0 Å². The molecule has 2 aliphatic heterocycles. The molecule has 49 heavy (non-hydrogen) atoms. The Labute approximate surface area is 289 Å². The van der Waals surface area contributed by atoms with Crippen LogP contribution in [0.2, 0.25) is 0 Å². The van der Waals surface area contributed by atoms with Crippen LogP contribution in [0.3, 0.4) is 0 Å². The minimum absolute atomic E-state index is 0.273. The van der Waals surface area contributed by atoms with Crippen LogP contribution in [-0.2, 0) is 14.4 Å². The molecule has 3 heterocycles. The van der Waals surface area contributed by atoms with Gasteiger partial charge in [-0.1, -0.05) is 27.7 Å². The van der Waals surface area contributed by atoms with Crippen molar-refractivity contribution in [3.8, 4) is 5.75 Å². The van der Waals surface area contributed by atoms with Crippen LogP contribution in [0.15, 0.2) is 42.7 Å². The Morgan fingerprint density at radius 1 is 1.02 bits per heavy atom. The average molecular weight is 674 g/mol. The van der Waals surface area contributed by atoms with Gasteiger partial charge in [-0.3, -0.25) is 14.4 Å². The fourth-order valence-electron chi connectivity index (χ4n) is 6.40. The number of amides is 3. The van der Waals surface area contributed by atoms with Crippen LogP contribution < -0.4 is 30.9 Å². The average Bonchev–Trinajstić information content (AvgIpc) is 3.60. The number of hydrogen-bond donors (Lipinski definition) is 4. The Bertz CT molecular complexity index is 1630. The van der Waals surface area contributed by atoms with E-state index >= 15 is 0 Å². The quantitative estimate of drug-likeness (QED) is 0.239. The van der Waals surface area contributed by atoms with Crippen molar-refractivity contribution in [2.45, 2.75) is 65.6 Å². The zero-order valence-corrected chi connectivity index (χ0v) is 29.8. The van der Waals surface area contributed by atoms with Gasteiger partial charge < -0.3 is 40.7 Å². The summed E-state index contributed by atoms with van der Waals surface area (Å²) in [5.74, 6) is 0.151. The molecule has 0 radical (unpaired) electrons. The molecule has 5 rings (SSSR count). The fraction of sp³-hybridized carbons (Fsp3) is 0.528. The molecule has 2 saturated heterocycles. The molecule has 4 N–H and O–H groups in total. The molecule has 264 valence electrons. The summed E-state index contributed by atoms with van der Waals surface area (Å²) in [5, 5.41) is 13.0. The molecule has 0 saturated carbocycles. The van der Waals surface area contributed by atoms with Crippen LogP contribution in [0.1, 0.15) is 47.5 Å². The lowest BCUT2D eigenvalue weighted by molar-refractivity contribution is -0.143. The molecular weight excluding hydrogens is 622 g/mol. The molecule has 2 aromatic carbocycles. The van der Waals surface area contributed by atoms with Gasteiger partial charge in [0, 0.05) is 55.6 Å². The molecule has 2 fully saturated rings. The van der Waals surface area contributed by atoms with Gasteiger partial charge in [0.1, 0.15) is 30.0 Å². The zero-order chi connectivity index (χ0) is 35.3. The maximum absolute atomic E-state index is 13.9. The van der Waals surface area contributed by atoms with Crippen LogP contribution in [0.4, 0.5) is 22.9 Å². The third kappa shape index (κ3) is 8.22. The number of ether oxygens (including phenoxy) is 1. The number of benzene rings is 2. The highest BCUT2D eigenvalue weighted by molar-refractivity contribution is 6.03. The number of methoxy groups -OCH3 is 1. The normalized spacial score (nSPS) is 18.2. The summed E-state index contributed by atoms with van der Waals surface area (Å²) < 4.78 is 5.66. The topological polar surface area (TPSA) is 144 Å². The number of nitrogens with zero attached hydrogens (tertiary/aromatic N) is 5. The van der Waals surface area contributed by atoms with E-state index in [4.69, 9.17) is 4.74 Å². The van der Waals surface area contributed by atoms with E-state index in [1.807, 2.05) is 32.9 Å². The number of rotatable bonds is 11. The van der Waals surface area contributed by atoms with Gasteiger partial charge in [-0.15, -0.1) is 0 Å². The van der Waals surface area contributed by atoms with Gasteiger partial charge >= 0.3 is 0 Å². The third-order valence-corrected chi connectivity index (χ3v) is 9.59. The number of aromatic nitrogens is 2. The van der Waals surface area contributed by atoms with Crippen molar-refractivity contribution in [3.63, 3.8) is 0 Å². The summed E-state index contributed by atoms with van der Waals surface area (Å²) in [6.45, 7) is 15.3. The highest BCUT2D eigenvalue weighted by atomic mass is 16.5. The van der Waals surface area contributed by atoms with Crippen LogP contribution in [0.25, 0.3) is 10.9 Å². The highest BCUT2D eigenvalue weighted by Crippen LogP contribution is 2.34. The smallest absolute Gasteiger partial charge is 0.247 e. The Morgan fingerprint density at radius 3 is 2.37 bits per heavy atom. The molecule has 2 aliphatic rings. The van der Waals surface area contributed by atoms with E-state index in [2.05, 4.69) is 60.1 Å². The first-order valence-corrected chi connectivity index (χ1v) is 17.2. The monoisotopic (exact) mass is 673 g/mol. The molecule has 13 nitrogen and oxygen atoms in total. The lowest BCUT2D eigenvalue weighted by Crippen LogP contribution is -2.59. The maximum atomic E-state index is 13.9. The number of carbonyl (C=O) groups is 3. The van der Waals surface area contributed by atoms with Gasteiger partial charge in [0.25, 0.3) is 0 Å². The van der Waals surface area contributed by atoms with Crippen LogP contribution in [-0.4, -0.2) is 109 Å². The van der Waals surface area contributed by atoms with Crippen molar-refractivity contribution in [1.29, 1.82) is 0 Å². The summed E-state index contributed by atoms with van der Waals surface area (Å²) in [5.41, 5.74) is 2.59. The van der Waals surface area contributed by atoms with Crippen molar-refractivity contribution in [2.75, 3.05) is 69.0 Å². The number of nitrogens with one attached hydrogen (secondary N) is 4. The first kappa shape index (κ1) is 35.8. The number of piperazine rings is 1. The summed E-state index contributed by atoms with van der Waals surface area (Å²) in [6, 6.07) is 9.92. The minimum Gasteiger partial charge on any atom is -0.494 e. The Hall–Kier alpha value is -4.49. The number of fused-ring (bicyclic) bond motifs is 1. The predicted molar refractivity (Wildman–Crippen MR) is 193 cm³/mol. The molecule has 3 aromatic rings. The van der Waals surface area contributed by atoms with Crippen molar-refractivity contribution >= 4 is 51.5 Å². The second kappa shape index (κ2) is 15.4. The molecule has 13 heteroatoms. The number of carbonyl (C=O) groups excluding carboxylic acids is 3.